The Kier molecular flexibility index (Phi) is 8.72. The maximum absolute atomic E-state index is 12.3. The highest BCUT2D eigenvalue weighted by Crippen LogP contribution is 2.41. The first kappa shape index (κ1) is 21.3. The fraction of sp³-hybridized carbons (Fsp3) is 0.765. The summed E-state index contributed by atoms with van der Waals surface area (Å²) in [6.45, 7) is 7.88. The lowest BCUT2D eigenvalue weighted by Gasteiger charge is -2.42. The number of aldehydes is 1. The van der Waals surface area contributed by atoms with Gasteiger partial charge in [-0.3, -0.25) is 14.4 Å². The molecule has 0 N–H and O–H groups in total. The van der Waals surface area contributed by atoms with Gasteiger partial charge in [0.25, 0.3) is 0 Å². The van der Waals surface area contributed by atoms with Gasteiger partial charge in [-0.05, 0) is 33.1 Å². The molecule has 0 fully saturated rings. The Morgan fingerprint density at radius 1 is 1.09 bits per heavy atom. The van der Waals surface area contributed by atoms with E-state index in [0.717, 1.165) is 0 Å². The zero-order valence-corrected chi connectivity index (χ0v) is 14.8. The molecular formula is C17H28O6. The van der Waals surface area contributed by atoms with Gasteiger partial charge in [-0.1, -0.05) is 20.3 Å². The Labute approximate surface area is 137 Å². The van der Waals surface area contributed by atoms with Crippen LogP contribution in [0.1, 0.15) is 66.7 Å². The molecule has 0 aliphatic heterocycles. The molecule has 0 aliphatic carbocycles. The van der Waals surface area contributed by atoms with Crippen molar-refractivity contribution in [1.82, 2.24) is 0 Å². The second-order valence-electron chi connectivity index (χ2n) is 5.94. The highest BCUT2D eigenvalue weighted by Gasteiger charge is 2.54. The van der Waals surface area contributed by atoms with Crippen LogP contribution in [-0.4, -0.2) is 36.2 Å². The number of rotatable bonds is 11. The van der Waals surface area contributed by atoms with E-state index in [2.05, 4.69) is 0 Å². The molecule has 132 valence electrons. The van der Waals surface area contributed by atoms with Crippen molar-refractivity contribution in [3.8, 4) is 0 Å². The van der Waals surface area contributed by atoms with Crippen LogP contribution in [0.15, 0.2) is 0 Å². The maximum atomic E-state index is 12.3. The quantitative estimate of drug-likeness (QED) is 0.329. The minimum absolute atomic E-state index is 0.163. The van der Waals surface area contributed by atoms with Gasteiger partial charge in [0, 0.05) is 13.3 Å². The van der Waals surface area contributed by atoms with Gasteiger partial charge >= 0.3 is 11.9 Å². The number of ketones is 1. The first-order valence-corrected chi connectivity index (χ1v) is 8.01. The van der Waals surface area contributed by atoms with Crippen LogP contribution in [0, 0.1) is 5.41 Å². The largest absolute Gasteiger partial charge is 0.466 e. The molecule has 0 aromatic carbocycles. The number of hydrogen-bond donors (Lipinski definition) is 0. The summed E-state index contributed by atoms with van der Waals surface area (Å²) in [5.74, 6) is -1.27. The van der Waals surface area contributed by atoms with Crippen LogP contribution in [0.5, 0.6) is 0 Å². The summed E-state index contributed by atoms with van der Waals surface area (Å²) >= 11 is 0. The minimum atomic E-state index is -1.48. The number of carbonyl (C=O) groups is 4. The predicted octanol–water partition coefficient (Wildman–Crippen LogP) is 2.62. The number of Topliss-reactive ketones (excluding diaryl/α,β-unsaturated/α-hetero) is 1. The fourth-order valence-corrected chi connectivity index (χ4v) is 2.78. The van der Waals surface area contributed by atoms with Gasteiger partial charge in [0.1, 0.15) is 6.29 Å². The van der Waals surface area contributed by atoms with Crippen LogP contribution < -0.4 is 0 Å². The van der Waals surface area contributed by atoms with Crippen LogP contribution in [0.3, 0.4) is 0 Å². The van der Waals surface area contributed by atoms with Gasteiger partial charge in [-0.15, -0.1) is 0 Å². The molecule has 0 bridgehead atoms. The Morgan fingerprint density at radius 3 is 2.09 bits per heavy atom. The molecule has 0 amide bonds. The lowest BCUT2D eigenvalue weighted by Crippen LogP contribution is -2.55. The highest BCUT2D eigenvalue weighted by molar-refractivity contribution is 5.92. The number of carbonyl (C=O) groups excluding carboxylic acids is 4. The number of hydrogen-bond acceptors (Lipinski definition) is 6. The molecule has 0 aromatic rings. The summed E-state index contributed by atoms with van der Waals surface area (Å²) in [6.07, 6.45) is 2.49. The summed E-state index contributed by atoms with van der Waals surface area (Å²) in [6, 6.07) is 0. The van der Waals surface area contributed by atoms with Crippen molar-refractivity contribution in [3.05, 3.63) is 0 Å². The van der Waals surface area contributed by atoms with E-state index in [1.165, 1.54) is 13.8 Å². The summed E-state index contributed by atoms with van der Waals surface area (Å²) in [5, 5.41) is 0. The van der Waals surface area contributed by atoms with E-state index < -0.39 is 17.0 Å². The summed E-state index contributed by atoms with van der Waals surface area (Å²) in [5.41, 5.74) is -2.65. The Morgan fingerprint density at radius 2 is 1.70 bits per heavy atom. The van der Waals surface area contributed by atoms with E-state index in [1.807, 2.05) is 6.92 Å². The Bertz CT molecular complexity index is 444. The number of esters is 2. The monoisotopic (exact) mass is 328 g/mol. The third kappa shape index (κ3) is 5.44. The van der Waals surface area contributed by atoms with E-state index in [4.69, 9.17) is 9.47 Å². The fourth-order valence-electron chi connectivity index (χ4n) is 2.78. The lowest BCUT2D eigenvalue weighted by atomic mass is 9.67. The second kappa shape index (κ2) is 9.43. The van der Waals surface area contributed by atoms with Crippen molar-refractivity contribution in [1.29, 1.82) is 0 Å². The van der Waals surface area contributed by atoms with Crippen LogP contribution in [-0.2, 0) is 28.7 Å². The van der Waals surface area contributed by atoms with Crippen molar-refractivity contribution in [2.45, 2.75) is 72.3 Å². The van der Waals surface area contributed by atoms with Gasteiger partial charge in [-0.2, -0.15) is 0 Å². The van der Waals surface area contributed by atoms with Crippen molar-refractivity contribution in [2.75, 3.05) is 6.61 Å². The first-order valence-electron chi connectivity index (χ1n) is 8.01. The van der Waals surface area contributed by atoms with Gasteiger partial charge < -0.3 is 14.3 Å². The van der Waals surface area contributed by atoms with Gasteiger partial charge in [0.2, 0.25) is 0 Å². The van der Waals surface area contributed by atoms with E-state index in [-0.39, 0.29) is 37.6 Å². The van der Waals surface area contributed by atoms with Crippen LogP contribution in [0.4, 0.5) is 0 Å². The van der Waals surface area contributed by atoms with Gasteiger partial charge in [0.05, 0.1) is 12.0 Å². The molecule has 0 rings (SSSR count). The van der Waals surface area contributed by atoms with Crippen LogP contribution in [0.2, 0.25) is 0 Å². The van der Waals surface area contributed by atoms with Gasteiger partial charge in [0.15, 0.2) is 11.4 Å². The zero-order valence-electron chi connectivity index (χ0n) is 14.8. The van der Waals surface area contributed by atoms with Gasteiger partial charge in [-0.25, -0.2) is 0 Å². The molecule has 2 atom stereocenters. The van der Waals surface area contributed by atoms with Crippen molar-refractivity contribution in [3.63, 3.8) is 0 Å². The molecular weight excluding hydrogens is 300 g/mol. The van der Waals surface area contributed by atoms with E-state index >= 15 is 0 Å². The van der Waals surface area contributed by atoms with E-state index in [0.29, 0.717) is 19.1 Å². The average molecular weight is 328 g/mol. The van der Waals surface area contributed by atoms with E-state index in [1.54, 1.807) is 13.8 Å². The highest BCUT2D eigenvalue weighted by atomic mass is 16.6. The lowest BCUT2D eigenvalue weighted by molar-refractivity contribution is -0.183. The Hall–Kier alpha value is -1.72. The molecule has 6 nitrogen and oxygen atoms in total. The molecule has 0 saturated carbocycles. The van der Waals surface area contributed by atoms with Crippen LogP contribution in [0.25, 0.3) is 0 Å². The SMILES string of the molecule is CCCC(OC(C)=O)(C(C)=O)C(C)(C=O)CCCOC(=O)CC. The molecule has 0 aromatic heterocycles. The van der Waals surface area contributed by atoms with Crippen molar-refractivity contribution < 1.29 is 28.7 Å². The summed E-state index contributed by atoms with van der Waals surface area (Å²) < 4.78 is 10.4. The smallest absolute Gasteiger partial charge is 0.305 e. The Balaban J connectivity index is 5.31. The molecule has 0 radical (unpaired) electrons. The molecule has 2 unspecified atom stereocenters. The van der Waals surface area contributed by atoms with Crippen molar-refractivity contribution >= 4 is 24.0 Å². The van der Waals surface area contributed by atoms with Crippen LogP contribution >= 0.6 is 0 Å². The van der Waals surface area contributed by atoms with E-state index in [9.17, 15) is 19.2 Å². The second-order valence-corrected chi connectivity index (χ2v) is 5.94. The molecule has 6 heteroatoms. The van der Waals surface area contributed by atoms with Crippen molar-refractivity contribution in [2.24, 2.45) is 5.41 Å². The average Bonchev–Trinajstić information content (AvgIpc) is 2.49. The third-order valence-electron chi connectivity index (χ3n) is 4.06. The number of ether oxygens (including phenoxy) is 2. The molecule has 0 heterocycles. The molecule has 23 heavy (non-hydrogen) atoms. The maximum Gasteiger partial charge on any atom is 0.305 e. The zero-order chi connectivity index (χ0) is 18.1. The minimum Gasteiger partial charge on any atom is -0.466 e. The standard InChI is InChI=1S/C17H28O6/c1-6-9-17(13(3)19,23-14(4)20)16(5,12-18)10-8-11-22-15(21)7-2/h12H,6-11H2,1-5H3. The normalized spacial score (nSPS) is 15.9. The molecule has 0 aliphatic rings. The first-order chi connectivity index (χ1) is 10.7. The molecule has 0 spiro atoms. The predicted molar refractivity (Wildman–Crippen MR) is 84.7 cm³/mol. The summed E-state index contributed by atoms with van der Waals surface area (Å²) in [4.78, 5) is 46.7. The topological polar surface area (TPSA) is 86.7 Å². The summed E-state index contributed by atoms with van der Waals surface area (Å²) in [7, 11) is 0. The third-order valence-corrected chi connectivity index (χ3v) is 4.06. The molecule has 0 saturated heterocycles.